The van der Waals surface area contributed by atoms with Crippen LogP contribution in [-0.4, -0.2) is 43.2 Å². The number of benzene rings is 2. The van der Waals surface area contributed by atoms with Gasteiger partial charge in [0.2, 0.25) is 5.89 Å². The zero-order valence-electron chi connectivity index (χ0n) is 22.1. The molecule has 2 aliphatic heterocycles. The van der Waals surface area contributed by atoms with Crippen LogP contribution in [0.5, 0.6) is 5.75 Å². The van der Waals surface area contributed by atoms with Crippen molar-refractivity contribution in [1.29, 1.82) is 0 Å². The van der Waals surface area contributed by atoms with Crippen LogP contribution in [0.4, 0.5) is 4.39 Å². The third kappa shape index (κ3) is 6.54. The average Bonchev–Trinajstić information content (AvgIpc) is 3.58. The second kappa shape index (κ2) is 11.7. The van der Waals surface area contributed by atoms with Crippen molar-refractivity contribution in [3.8, 4) is 17.2 Å². The highest BCUT2D eigenvalue weighted by Crippen LogP contribution is 2.70. The number of halogens is 1. The number of aromatic nitrogens is 1. The van der Waals surface area contributed by atoms with Gasteiger partial charge in [-0.05, 0) is 63.4 Å². The first kappa shape index (κ1) is 28.2. The standard InChI is InChI=1S/C27H32FNO8P2/c1-18-15-33-38(30,36-18)17-26(39(31)34-16-19(2)37-39)22-11-12-23(28)25(14-22)32-13-7-10-24-20(3)35-27(29-24)21-8-5-4-6-9-21/h4-6,8-9,11-12,14,18-19,26H,7,10,13,15-17H2,1-3H3/t18-,19-,26?,38?,39?/m1/s1. The quantitative estimate of drug-likeness (QED) is 0.184. The highest BCUT2D eigenvalue weighted by Gasteiger charge is 2.49. The maximum atomic E-state index is 14.7. The minimum Gasteiger partial charge on any atom is -0.490 e. The van der Waals surface area contributed by atoms with E-state index in [1.54, 1.807) is 13.8 Å². The average molecular weight is 579 g/mol. The van der Waals surface area contributed by atoms with Crippen LogP contribution in [0.2, 0.25) is 0 Å². The molecule has 2 fully saturated rings. The van der Waals surface area contributed by atoms with Gasteiger partial charge in [-0.3, -0.25) is 9.13 Å². The first-order valence-electron chi connectivity index (χ1n) is 12.9. The lowest BCUT2D eigenvalue weighted by Crippen LogP contribution is -2.10. The summed E-state index contributed by atoms with van der Waals surface area (Å²) in [7, 11) is -7.29. The minimum atomic E-state index is -3.74. The highest BCUT2D eigenvalue weighted by molar-refractivity contribution is 7.58. The lowest BCUT2D eigenvalue weighted by atomic mass is 10.1. The molecule has 3 heterocycles. The van der Waals surface area contributed by atoms with Crippen LogP contribution in [0.1, 0.15) is 42.9 Å². The Labute approximate surface area is 227 Å². The molecule has 0 saturated carbocycles. The first-order chi connectivity index (χ1) is 18.6. The van der Waals surface area contributed by atoms with E-state index >= 15 is 0 Å². The molecule has 0 radical (unpaired) electrons. The molecule has 1 aromatic heterocycles. The van der Waals surface area contributed by atoms with E-state index in [4.69, 9.17) is 27.2 Å². The van der Waals surface area contributed by atoms with Crippen LogP contribution in [-0.2, 0) is 33.6 Å². The molecule has 2 saturated heterocycles. The fourth-order valence-electron chi connectivity index (χ4n) is 4.56. The van der Waals surface area contributed by atoms with Crippen LogP contribution in [0.3, 0.4) is 0 Å². The van der Waals surface area contributed by atoms with Crippen LogP contribution in [0.25, 0.3) is 11.5 Å². The van der Waals surface area contributed by atoms with E-state index < -0.39 is 32.8 Å². The molecule has 2 aromatic carbocycles. The Bertz CT molecular complexity index is 1400. The maximum Gasteiger partial charge on any atom is 0.339 e. The van der Waals surface area contributed by atoms with Crippen molar-refractivity contribution in [3.63, 3.8) is 0 Å². The summed E-state index contributed by atoms with van der Waals surface area (Å²) in [6, 6.07) is 13.8. The lowest BCUT2D eigenvalue weighted by molar-refractivity contribution is 0.252. The number of ether oxygens (including phenoxy) is 1. The van der Waals surface area contributed by atoms with Gasteiger partial charge in [-0.15, -0.1) is 0 Å². The molecule has 0 amide bonds. The van der Waals surface area contributed by atoms with Crippen molar-refractivity contribution in [3.05, 3.63) is 71.4 Å². The van der Waals surface area contributed by atoms with Crippen molar-refractivity contribution >= 4 is 15.2 Å². The molecule has 0 aliphatic carbocycles. The molecule has 9 nitrogen and oxygen atoms in total. The number of aryl methyl sites for hydroxylation is 2. The fraction of sp³-hybridized carbons (Fsp3) is 0.444. The van der Waals surface area contributed by atoms with E-state index in [0.717, 1.165) is 17.0 Å². The second-order valence-electron chi connectivity index (χ2n) is 9.80. The fourth-order valence-corrected chi connectivity index (χ4v) is 9.78. The van der Waals surface area contributed by atoms with E-state index in [9.17, 15) is 13.5 Å². The number of hydrogen-bond donors (Lipinski definition) is 0. The Morgan fingerprint density at radius 3 is 2.49 bits per heavy atom. The molecule has 3 aromatic rings. The molecule has 0 bridgehead atoms. The third-order valence-corrected chi connectivity index (χ3v) is 11.2. The van der Waals surface area contributed by atoms with Crippen molar-refractivity contribution in [2.75, 3.05) is 26.0 Å². The predicted molar refractivity (Wildman–Crippen MR) is 143 cm³/mol. The lowest BCUT2D eigenvalue weighted by Gasteiger charge is -2.25. The van der Waals surface area contributed by atoms with E-state index in [0.29, 0.717) is 24.3 Å². The molecule has 0 spiro atoms. The van der Waals surface area contributed by atoms with Crippen molar-refractivity contribution in [1.82, 2.24) is 4.98 Å². The molecule has 3 unspecified atom stereocenters. The predicted octanol–water partition coefficient (Wildman–Crippen LogP) is 7.10. The summed E-state index contributed by atoms with van der Waals surface area (Å²) in [6.45, 7) is 5.85. The number of nitrogens with zero attached hydrogens (tertiary/aromatic N) is 1. The summed E-state index contributed by atoms with van der Waals surface area (Å²) >= 11 is 0. The van der Waals surface area contributed by atoms with E-state index in [2.05, 4.69) is 4.98 Å². The third-order valence-electron chi connectivity index (χ3n) is 6.51. The van der Waals surface area contributed by atoms with Gasteiger partial charge in [-0.2, -0.15) is 0 Å². The Morgan fingerprint density at radius 2 is 1.79 bits per heavy atom. The Morgan fingerprint density at radius 1 is 1.05 bits per heavy atom. The summed E-state index contributed by atoms with van der Waals surface area (Å²) in [5.74, 6) is 0.687. The summed E-state index contributed by atoms with van der Waals surface area (Å²) in [5, 5.41) is 0. The van der Waals surface area contributed by atoms with Crippen molar-refractivity contribution in [2.45, 2.75) is 51.5 Å². The molecule has 12 heteroatoms. The molecule has 0 N–H and O–H groups in total. The molecule has 39 heavy (non-hydrogen) atoms. The van der Waals surface area contributed by atoms with E-state index in [1.165, 1.54) is 18.2 Å². The van der Waals surface area contributed by atoms with Gasteiger partial charge < -0.3 is 27.2 Å². The second-order valence-corrected chi connectivity index (χ2v) is 14.0. The van der Waals surface area contributed by atoms with E-state index in [-0.39, 0.29) is 37.8 Å². The van der Waals surface area contributed by atoms with Gasteiger partial charge in [0.15, 0.2) is 11.6 Å². The zero-order chi connectivity index (χ0) is 27.6. The van der Waals surface area contributed by atoms with Gasteiger partial charge in [-0.1, -0.05) is 24.3 Å². The van der Waals surface area contributed by atoms with E-state index in [1.807, 2.05) is 37.3 Å². The van der Waals surface area contributed by atoms with Crippen LogP contribution in [0.15, 0.2) is 52.9 Å². The van der Waals surface area contributed by atoms with Crippen LogP contribution >= 0.6 is 15.2 Å². The van der Waals surface area contributed by atoms with Crippen LogP contribution < -0.4 is 4.74 Å². The van der Waals surface area contributed by atoms with Gasteiger partial charge in [0.05, 0.1) is 49.5 Å². The number of oxazole rings is 1. The first-order valence-corrected chi connectivity index (χ1v) is 16.3. The topological polar surface area (TPSA) is 106 Å². The Kier molecular flexibility index (Phi) is 8.43. The molecule has 5 atom stereocenters. The van der Waals surface area contributed by atoms with Gasteiger partial charge in [0.25, 0.3) is 0 Å². The maximum absolute atomic E-state index is 14.7. The van der Waals surface area contributed by atoms with Crippen molar-refractivity contribution < 1.29 is 40.8 Å². The zero-order valence-corrected chi connectivity index (χ0v) is 23.9. The monoisotopic (exact) mass is 579 g/mol. The largest absolute Gasteiger partial charge is 0.490 e. The molecule has 210 valence electrons. The summed E-state index contributed by atoms with van der Waals surface area (Å²) in [5.41, 5.74) is 1.14. The van der Waals surface area contributed by atoms with Crippen LogP contribution in [0, 0.1) is 12.7 Å². The summed E-state index contributed by atoms with van der Waals surface area (Å²) in [4.78, 5) is 4.59. The Balaban J connectivity index is 1.28. The molecular formula is C27H32FNO8P2. The number of hydrogen-bond acceptors (Lipinski definition) is 9. The van der Waals surface area contributed by atoms with Gasteiger partial charge in [-0.25, -0.2) is 9.37 Å². The smallest absolute Gasteiger partial charge is 0.339 e. The Hall–Kier alpha value is -2.32. The minimum absolute atomic E-state index is 0.0156. The molecule has 2 aliphatic rings. The molecular weight excluding hydrogens is 547 g/mol. The summed E-state index contributed by atoms with van der Waals surface area (Å²) < 4.78 is 75.4. The van der Waals surface area contributed by atoms with Gasteiger partial charge in [0, 0.05) is 5.56 Å². The van der Waals surface area contributed by atoms with Gasteiger partial charge in [0.1, 0.15) is 5.76 Å². The normalized spacial score (nSPS) is 27.6. The number of rotatable bonds is 10. The highest BCUT2D eigenvalue weighted by atomic mass is 31.2. The van der Waals surface area contributed by atoms with Crippen molar-refractivity contribution in [2.24, 2.45) is 0 Å². The molecule has 5 rings (SSSR count). The summed E-state index contributed by atoms with van der Waals surface area (Å²) in [6.07, 6.45) is 0.165. The van der Waals surface area contributed by atoms with Gasteiger partial charge >= 0.3 is 15.2 Å². The SMILES string of the molecule is Cc1oc(-c2ccccc2)nc1CCCOc1cc(C(CP2(=O)OC[C@@H](C)O2)P2(=O)OC[C@@H](C)O2)ccc1F.